The lowest BCUT2D eigenvalue weighted by Crippen LogP contribution is -2.06. The van der Waals surface area contributed by atoms with E-state index >= 15 is 0 Å². The summed E-state index contributed by atoms with van der Waals surface area (Å²) in [5.41, 5.74) is 0. The molecule has 0 atom stereocenters. The molecular weight excluding hydrogens is 348 g/mol. The van der Waals surface area contributed by atoms with Gasteiger partial charge in [0, 0.05) is 6.42 Å². The molecular formula is C22H39ClO3. The van der Waals surface area contributed by atoms with E-state index in [1.54, 1.807) is 0 Å². The fraction of sp³-hybridized carbons (Fsp3) is 0.818. The van der Waals surface area contributed by atoms with E-state index in [4.69, 9.17) is 16.3 Å². The van der Waals surface area contributed by atoms with Crippen molar-refractivity contribution < 1.29 is 14.3 Å². The molecule has 152 valence electrons. The third-order valence-electron chi connectivity index (χ3n) is 4.44. The highest BCUT2D eigenvalue weighted by molar-refractivity contribution is 6.63. The summed E-state index contributed by atoms with van der Waals surface area (Å²) in [6.07, 6.45) is 22.5. The van der Waals surface area contributed by atoms with Crippen LogP contribution in [-0.4, -0.2) is 17.8 Å². The van der Waals surface area contributed by atoms with Crippen molar-refractivity contribution >= 4 is 22.8 Å². The molecule has 0 saturated heterocycles. The smallest absolute Gasteiger partial charge is 0.306 e. The summed E-state index contributed by atoms with van der Waals surface area (Å²) >= 11 is 5.18. The van der Waals surface area contributed by atoms with Crippen molar-refractivity contribution in [3.63, 3.8) is 0 Å². The second-order valence-corrected chi connectivity index (χ2v) is 7.43. The molecule has 0 bridgehead atoms. The first-order valence-corrected chi connectivity index (χ1v) is 11.0. The Balaban J connectivity index is 3.18. The van der Waals surface area contributed by atoms with E-state index in [0.717, 1.165) is 12.8 Å². The lowest BCUT2D eigenvalue weighted by atomic mass is 10.1. The third kappa shape index (κ3) is 21.2. The molecule has 3 nitrogen and oxygen atoms in total. The summed E-state index contributed by atoms with van der Waals surface area (Å²) in [7, 11) is 0. The topological polar surface area (TPSA) is 43.4 Å². The molecule has 0 unspecified atom stereocenters. The van der Waals surface area contributed by atoms with Crippen LogP contribution in [0.25, 0.3) is 0 Å². The molecule has 0 N–H and O–H groups in total. The predicted molar refractivity (Wildman–Crippen MR) is 111 cm³/mol. The third-order valence-corrected chi connectivity index (χ3v) is 4.63. The molecule has 0 aromatic rings. The summed E-state index contributed by atoms with van der Waals surface area (Å²) in [6, 6.07) is 0. The predicted octanol–water partition coefficient (Wildman–Crippen LogP) is 7.11. The number of unbranched alkanes of at least 4 members (excludes halogenated alkanes) is 12. The number of rotatable bonds is 19. The maximum absolute atomic E-state index is 11.3. The number of hydrogen-bond acceptors (Lipinski definition) is 3. The average Bonchev–Trinajstić information content (AvgIpc) is 2.62. The molecule has 0 aliphatic rings. The number of allylic oxidation sites excluding steroid dienone is 2. The van der Waals surface area contributed by atoms with Crippen LogP contribution >= 0.6 is 11.6 Å². The Kier molecular flexibility index (Phi) is 19.8. The zero-order chi connectivity index (χ0) is 19.3. The monoisotopic (exact) mass is 386 g/mol. The molecule has 0 aliphatic heterocycles. The summed E-state index contributed by atoms with van der Waals surface area (Å²) in [4.78, 5) is 21.8. The van der Waals surface area contributed by atoms with Crippen LogP contribution in [0.15, 0.2) is 12.2 Å². The van der Waals surface area contributed by atoms with E-state index in [1.165, 1.54) is 77.0 Å². The van der Waals surface area contributed by atoms with Crippen LogP contribution in [0.1, 0.15) is 110 Å². The van der Waals surface area contributed by atoms with Gasteiger partial charge in [-0.15, -0.1) is 0 Å². The highest BCUT2D eigenvalue weighted by atomic mass is 35.5. The minimum absolute atomic E-state index is 0.0633. The Morgan fingerprint density at radius 2 is 1.23 bits per heavy atom. The number of carbonyl (C=O) groups is 2. The number of carbonyl (C=O) groups excluding carboxylic acids is 2. The Morgan fingerprint density at radius 3 is 1.77 bits per heavy atom. The van der Waals surface area contributed by atoms with Crippen LogP contribution in [0.4, 0.5) is 0 Å². The standard InChI is InChI=1S/C22H39ClO3/c1-2-3-4-5-6-7-8-9-10-11-12-13-14-15-16-17-20-26-22(25)19-18-21(23)24/h9-10H,2-8,11-20H2,1H3/b10-9-. The van der Waals surface area contributed by atoms with Gasteiger partial charge < -0.3 is 4.74 Å². The maximum Gasteiger partial charge on any atom is 0.306 e. The fourth-order valence-corrected chi connectivity index (χ4v) is 2.90. The quantitative estimate of drug-likeness (QED) is 0.103. The zero-order valence-electron chi connectivity index (χ0n) is 16.8. The normalized spacial score (nSPS) is 11.2. The molecule has 0 fully saturated rings. The summed E-state index contributed by atoms with van der Waals surface area (Å²) in [5, 5.41) is -0.487. The van der Waals surface area contributed by atoms with Crippen LogP contribution in [0.3, 0.4) is 0 Å². The van der Waals surface area contributed by atoms with Gasteiger partial charge in [-0.2, -0.15) is 0 Å². The minimum atomic E-state index is -0.487. The Morgan fingerprint density at radius 1 is 0.731 bits per heavy atom. The van der Waals surface area contributed by atoms with Crippen LogP contribution in [0.2, 0.25) is 0 Å². The minimum Gasteiger partial charge on any atom is -0.466 e. The Bertz CT molecular complexity index is 366. The summed E-state index contributed by atoms with van der Waals surface area (Å²) < 4.78 is 5.05. The largest absolute Gasteiger partial charge is 0.466 e. The van der Waals surface area contributed by atoms with E-state index < -0.39 is 5.24 Å². The molecule has 0 radical (unpaired) electrons. The lowest BCUT2D eigenvalue weighted by molar-refractivity contribution is -0.144. The number of hydrogen-bond donors (Lipinski definition) is 0. The van der Waals surface area contributed by atoms with Crippen molar-refractivity contribution in [3.05, 3.63) is 12.2 Å². The van der Waals surface area contributed by atoms with Crippen molar-refractivity contribution in [1.82, 2.24) is 0 Å². The van der Waals surface area contributed by atoms with E-state index in [0.29, 0.717) is 6.61 Å². The number of halogens is 1. The van der Waals surface area contributed by atoms with E-state index in [-0.39, 0.29) is 18.8 Å². The molecule has 0 aromatic carbocycles. The van der Waals surface area contributed by atoms with Crippen molar-refractivity contribution in [2.75, 3.05) is 6.61 Å². The molecule has 0 aromatic heterocycles. The van der Waals surface area contributed by atoms with Gasteiger partial charge in [-0.3, -0.25) is 9.59 Å². The highest BCUT2D eigenvalue weighted by Gasteiger charge is 2.05. The van der Waals surface area contributed by atoms with Crippen LogP contribution < -0.4 is 0 Å². The van der Waals surface area contributed by atoms with Crippen molar-refractivity contribution in [3.8, 4) is 0 Å². The number of esters is 1. The van der Waals surface area contributed by atoms with Crippen molar-refractivity contribution in [2.24, 2.45) is 0 Å². The van der Waals surface area contributed by atoms with Gasteiger partial charge in [-0.05, 0) is 43.7 Å². The second-order valence-electron chi connectivity index (χ2n) is 7.01. The Labute approximate surface area is 165 Å². The van der Waals surface area contributed by atoms with Gasteiger partial charge in [-0.25, -0.2) is 0 Å². The summed E-state index contributed by atoms with van der Waals surface area (Å²) in [5.74, 6) is -0.327. The second kappa shape index (κ2) is 20.5. The lowest BCUT2D eigenvalue weighted by Gasteiger charge is -2.04. The molecule has 0 amide bonds. The van der Waals surface area contributed by atoms with E-state index in [9.17, 15) is 9.59 Å². The first kappa shape index (κ1) is 25.2. The maximum atomic E-state index is 11.3. The molecule has 0 rings (SSSR count). The van der Waals surface area contributed by atoms with Gasteiger partial charge >= 0.3 is 5.97 Å². The SMILES string of the molecule is CCCCCCCC/C=C\CCCCCCCCOC(=O)CCC(=O)Cl. The van der Waals surface area contributed by atoms with Crippen molar-refractivity contribution in [1.29, 1.82) is 0 Å². The van der Waals surface area contributed by atoms with E-state index in [1.807, 2.05) is 0 Å². The van der Waals surface area contributed by atoms with Crippen LogP contribution in [-0.2, 0) is 14.3 Å². The molecule has 4 heteroatoms. The zero-order valence-corrected chi connectivity index (χ0v) is 17.5. The van der Waals surface area contributed by atoms with E-state index in [2.05, 4.69) is 19.1 Å². The first-order chi connectivity index (χ1) is 12.7. The molecule has 26 heavy (non-hydrogen) atoms. The first-order valence-electron chi connectivity index (χ1n) is 10.7. The van der Waals surface area contributed by atoms with Gasteiger partial charge in [0.05, 0.1) is 13.0 Å². The Hall–Kier alpha value is -0.830. The molecule has 0 saturated carbocycles. The van der Waals surface area contributed by atoms with Crippen molar-refractivity contribution in [2.45, 2.75) is 110 Å². The molecule has 0 spiro atoms. The fourth-order valence-electron chi connectivity index (χ4n) is 2.81. The van der Waals surface area contributed by atoms with Gasteiger partial charge in [-0.1, -0.05) is 76.9 Å². The van der Waals surface area contributed by atoms with Crippen LogP contribution in [0, 0.1) is 0 Å². The van der Waals surface area contributed by atoms with Crippen LogP contribution in [0.5, 0.6) is 0 Å². The highest BCUT2D eigenvalue weighted by Crippen LogP contribution is 2.10. The van der Waals surface area contributed by atoms with Gasteiger partial charge in [0.15, 0.2) is 0 Å². The van der Waals surface area contributed by atoms with Gasteiger partial charge in [0.2, 0.25) is 5.24 Å². The average molecular weight is 387 g/mol. The van der Waals surface area contributed by atoms with Gasteiger partial charge in [0.1, 0.15) is 0 Å². The molecule has 0 aliphatic carbocycles. The summed E-state index contributed by atoms with van der Waals surface area (Å²) in [6.45, 7) is 2.71. The van der Waals surface area contributed by atoms with Gasteiger partial charge in [0.25, 0.3) is 0 Å². The number of ether oxygens (including phenoxy) is 1. The molecule has 0 heterocycles.